The molecule has 1 fully saturated rings. The van der Waals surface area contributed by atoms with Crippen LogP contribution < -0.4 is 5.32 Å². The van der Waals surface area contributed by atoms with Crippen LogP contribution in [0, 0.1) is 25.7 Å². The summed E-state index contributed by atoms with van der Waals surface area (Å²) in [6, 6.07) is 0. The fourth-order valence-corrected chi connectivity index (χ4v) is 2.39. The Bertz CT molecular complexity index is 362. The van der Waals surface area contributed by atoms with Crippen LogP contribution in [0.1, 0.15) is 37.6 Å². The van der Waals surface area contributed by atoms with Gasteiger partial charge in [-0.3, -0.25) is 4.98 Å². The second kappa shape index (κ2) is 4.81. The van der Waals surface area contributed by atoms with Gasteiger partial charge in [0.2, 0.25) is 0 Å². The topological polar surface area (TPSA) is 37.8 Å². The molecular weight excluding hydrogens is 198 g/mol. The van der Waals surface area contributed by atoms with E-state index in [-0.39, 0.29) is 0 Å². The Kier molecular flexibility index (Phi) is 3.42. The van der Waals surface area contributed by atoms with Crippen LogP contribution in [0.3, 0.4) is 0 Å². The molecular formula is C13H21N3. The Balaban J connectivity index is 1.91. The second-order valence-corrected chi connectivity index (χ2v) is 4.98. The summed E-state index contributed by atoms with van der Waals surface area (Å²) in [6.07, 6.45) is 5.95. The maximum atomic E-state index is 4.49. The van der Waals surface area contributed by atoms with Gasteiger partial charge in [-0.15, -0.1) is 0 Å². The highest BCUT2D eigenvalue weighted by Gasteiger charge is 2.22. The SMILES string of the molecule is Cc1ncc(NCC2CCCC2C)nc1C. The fraction of sp³-hybridized carbons (Fsp3) is 0.692. The Morgan fingerprint density at radius 3 is 2.75 bits per heavy atom. The molecule has 2 rings (SSSR count). The molecule has 0 amide bonds. The van der Waals surface area contributed by atoms with Gasteiger partial charge in [-0.05, 0) is 32.1 Å². The zero-order valence-corrected chi connectivity index (χ0v) is 10.5. The fourth-order valence-electron chi connectivity index (χ4n) is 2.39. The molecule has 88 valence electrons. The van der Waals surface area contributed by atoms with E-state index in [1.165, 1.54) is 19.3 Å². The van der Waals surface area contributed by atoms with Gasteiger partial charge >= 0.3 is 0 Å². The Morgan fingerprint density at radius 1 is 1.31 bits per heavy atom. The summed E-state index contributed by atoms with van der Waals surface area (Å²) in [4.78, 5) is 8.80. The number of aromatic nitrogens is 2. The maximum absolute atomic E-state index is 4.49. The molecule has 0 saturated heterocycles. The summed E-state index contributed by atoms with van der Waals surface area (Å²) in [5.74, 6) is 2.58. The third-order valence-electron chi connectivity index (χ3n) is 3.78. The van der Waals surface area contributed by atoms with Crippen LogP contribution in [0.25, 0.3) is 0 Å². The number of rotatable bonds is 3. The van der Waals surface area contributed by atoms with Crippen LogP contribution in [0.5, 0.6) is 0 Å². The van der Waals surface area contributed by atoms with Crippen LogP contribution in [0.2, 0.25) is 0 Å². The minimum atomic E-state index is 0.809. The predicted molar refractivity (Wildman–Crippen MR) is 66.5 cm³/mol. The van der Waals surface area contributed by atoms with Gasteiger partial charge in [-0.25, -0.2) is 4.98 Å². The van der Waals surface area contributed by atoms with E-state index in [1.54, 1.807) is 0 Å². The lowest BCUT2D eigenvalue weighted by atomic mass is 9.98. The molecule has 1 aromatic heterocycles. The predicted octanol–water partition coefficient (Wildman–Crippen LogP) is 2.94. The third kappa shape index (κ3) is 2.52. The second-order valence-electron chi connectivity index (χ2n) is 4.98. The lowest BCUT2D eigenvalue weighted by Gasteiger charge is -2.16. The largest absolute Gasteiger partial charge is 0.368 e. The zero-order chi connectivity index (χ0) is 11.5. The highest BCUT2D eigenvalue weighted by atomic mass is 15.0. The minimum absolute atomic E-state index is 0.809. The number of nitrogens with zero attached hydrogens (tertiary/aromatic N) is 2. The van der Waals surface area contributed by atoms with Gasteiger partial charge in [0, 0.05) is 6.54 Å². The summed E-state index contributed by atoms with van der Waals surface area (Å²) in [5, 5.41) is 3.41. The van der Waals surface area contributed by atoms with E-state index < -0.39 is 0 Å². The van der Waals surface area contributed by atoms with Crippen molar-refractivity contribution >= 4 is 5.82 Å². The molecule has 2 atom stereocenters. The molecule has 0 bridgehead atoms. The van der Waals surface area contributed by atoms with Crippen LogP contribution in [0.4, 0.5) is 5.82 Å². The van der Waals surface area contributed by atoms with Crippen molar-refractivity contribution in [2.75, 3.05) is 11.9 Å². The molecule has 1 aliphatic rings. The Hall–Kier alpha value is -1.12. The van der Waals surface area contributed by atoms with E-state index in [9.17, 15) is 0 Å². The number of hydrogen-bond acceptors (Lipinski definition) is 3. The summed E-state index contributed by atoms with van der Waals surface area (Å²) < 4.78 is 0. The van der Waals surface area contributed by atoms with Crippen molar-refractivity contribution in [1.29, 1.82) is 0 Å². The monoisotopic (exact) mass is 219 g/mol. The molecule has 0 aliphatic heterocycles. The van der Waals surface area contributed by atoms with E-state index in [0.29, 0.717) is 0 Å². The van der Waals surface area contributed by atoms with Gasteiger partial charge in [0.15, 0.2) is 0 Å². The first-order valence-corrected chi connectivity index (χ1v) is 6.21. The van der Waals surface area contributed by atoms with Gasteiger partial charge in [-0.2, -0.15) is 0 Å². The van der Waals surface area contributed by atoms with Crippen molar-refractivity contribution < 1.29 is 0 Å². The average Bonchev–Trinajstić information content (AvgIpc) is 2.66. The average molecular weight is 219 g/mol. The molecule has 1 saturated carbocycles. The molecule has 0 aromatic carbocycles. The van der Waals surface area contributed by atoms with Crippen molar-refractivity contribution in [3.8, 4) is 0 Å². The van der Waals surface area contributed by atoms with Crippen LogP contribution in [0.15, 0.2) is 6.20 Å². The van der Waals surface area contributed by atoms with Crippen LogP contribution in [-0.2, 0) is 0 Å². The molecule has 16 heavy (non-hydrogen) atoms. The normalized spacial score (nSPS) is 24.7. The molecule has 3 nitrogen and oxygen atoms in total. The molecule has 2 unspecified atom stereocenters. The van der Waals surface area contributed by atoms with Crippen molar-refractivity contribution in [2.24, 2.45) is 11.8 Å². The summed E-state index contributed by atoms with van der Waals surface area (Å²) >= 11 is 0. The van der Waals surface area contributed by atoms with E-state index in [4.69, 9.17) is 0 Å². The van der Waals surface area contributed by atoms with E-state index in [0.717, 1.165) is 35.6 Å². The van der Waals surface area contributed by atoms with Crippen LogP contribution >= 0.6 is 0 Å². The molecule has 1 N–H and O–H groups in total. The van der Waals surface area contributed by atoms with E-state index in [2.05, 4.69) is 22.2 Å². The van der Waals surface area contributed by atoms with Crippen molar-refractivity contribution in [3.63, 3.8) is 0 Å². The Labute approximate surface area is 97.7 Å². The number of aryl methyl sites for hydroxylation is 2. The molecule has 1 aromatic rings. The summed E-state index contributed by atoms with van der Waals surface area (Å²) in [7, 11) is 0. The van der Waals surface area contributed by atoms with E-state index in [1.807, 2.05) is 20.0 Å². The molecule has 3 heteroatoms. The Morgan fingerprint density at radius 2 is 2.12 bits per heavy atom. The number of anilines is 1. The van der Waals surface area contributed by atoms with Gasteiger partial charge in [0.05, 0.1) is 17.6 Å². The first-order valence-electron chi connectivity index (χ1n) is 6.21. The summed E-state index contributed by atoms with van der Waals surface area (Å²) in [5.41, 5.74) is 2.03. The van der Waals surface area contributed by atoms with Crippen molar-refractivity contribution in [2.45, 2.75) is 40.0 Å². The van der Waals surface area contributed by atoms with Crippen molar-refractivity contribution in [3.05, 3.63) is 17.6 Å². The van der Waals surface area contributed by atoms with Gasteiger partial charge in [-0.1, -0.05) is 19.8 Å². The number of hydrogen-bond donors (Lipinski definition) is 1. The van der Waals surface area contributed by atoms with Gasteiger partial charge in [0.1, 0.15) is 5.82 Å². The minimum Gasteiger partial charge on any atom is -0.368 e. The standard InChI is InChI=1S/C13H21N3/c1-9-5-4-6-12(9)7-15-13-8-14-10(2)11(3)16-13/h8-9,12H,4-7H2,1-3H3,(H,15,16). The first kappa shape index (κ1) is 11.4. The van der Waals surface area contributed by atoms with Crippen LogP contribution in [-0.4, -0.2) is 16.5 Å². The smallest absolute Gasteiger partial charge is 0.144 e. The lowest BCUT2D eigenvalue weighted by molar-refractivity contribution is 0.439. The quantitative estimate of drug-likeness (QED) is 0.849. The molecule has 1 heterocycles. The highest BCUT2D eigenvalue weighted by molar-refractivity contribution is 5.33. The zero-order valence-electron chi connectivity index (χ0n) is 10.5. The van der Waals surface area contributed by atoms with Gasteiger partial charge < -0.3 is 5.32 Å². The van der Waals surface area contributed by atoms with E-state index >= 15 is 0 Å². The maximum Gasteiger partial charge on any atom is 0.144 e. The molecule has 0 radical (unpaired) electrons. The third-order valence-corrected chi connectivity index (χ3v) is 3.78. The summed E-state index contributed by atoms with van der Waals surface area (Å²) in [6.45, 7) is 7.39. The first-order chi connectivity index (χ1) is 7.66. The van der Waals surface area contributed by atoms with Gasteiger partial charge in [0.25, 0.3) is 0 Å². The number of nitrogens with one attached hydrogen (secondary N) is 1. The van der Waals surface area contributed by atoms with Crippen molar-refractivity contribution in [1.82, 2.24) is 9.97 Å². The highest BCUT2D eigenvalue weighted by Crippen LogP contribution is 2.30. The lowest BCUT2D eigenvalue weighted by Crippen LogP contribution is -2.17. The molecule has 1 aliphatic carbocycles. The molecule has 0 spiro atoms.